The van der Waals surface area contributed by atoms with Crippen molar-refractivity contribution in [3.8, 4) is 11.3 Å². The zero-order valence-corrected chi connectivity index (χ0v) is 21.7. The highest BCUT2D eigenvalue weighted by atomic mass is 35.5. The predicted octanol–water partition coefficient (Wildman–Crippen LogP) is 5.17. The molecule has 3 heterocycles. The predicted molar refractivity (Wildman–Crippen MR) is 144 cm³/mol. The molecule has 5 aromatic rings. The van der Waals surface area contributed by atoms with E-state index in [1.165, 1.54) is 0 Å². The van der Waals surface area contributed by atoms with Gasteiger partial charge in [-0.3, -0.25) is 9.48 Å². The van der Waals surface area contributed by atoms with E-state index in [0.717, 1.165) is 27.6 Å². The summed E-state index contributed by atoms with van der Waals surface area (Å²) in [6.07, 6.45) is 1.92. The average Bonchev–Trinajstić information content (AvgIpc) is 3.21. The number of nitrogens with one attached hydrogen (secondary N) is 1. The number of benzene rings is 2. The number of aromatic nitrogens is 3. The summed E-state index contributed by atoms with van der Waals surface area (Å²) in [5.41, 5.74) is 4.75. The van der Waals surface area contributed by atoms with Crippen LogP contribution in [0.2, 0.25) is 5.15 Å². The van der Waals surface area contributed by atoms with Crippen LogP contribution in [0.1, 0.15) is 29.7 Å². The zero-order chi connectivity index (χ0) is 25.7. The van der Waals surface area contributed by atoms with Crippen LogP contribution in [0.25, 0.3) is 33.2 Å². The van der Waals surface area contributed by atoms with Crippen LogP contribution in [0.4, 0.5) is 5.69 Å². The fraction of sp³-hybridized carbons (Fsp3) is 0.192. The average molecular weight is 522 g/mol. The van der Waals surface area contributed by atoms with Gasteiger partial charge >= 0.3 is 0 Å². The molecule has 0 radical (unpaired) electrons. The van der Waals surface area contributed by atoms with Gasteiger partial charge in [-0.15, -0.1) is 0 Å². The lowest BCUT2D eigenvalue weighted by atomic mass is 9.98. The molecule has 2 atom stereocenters. The Morgan fingerprint density at radius 3 is 2.69 bits per heavy atom. The van der Waals surface area contributed by atoms with E-state index in [1.807, 2.05) is 57.4 Å². The first-order chi connectivity index (χ1) is 17.1. The first-order valence-electron chi connectivity index (χ1n) is 11.2. The molecule has 0 fully saturated rings. The van der Waals surface area contributed by atoms with Gasteiger partial charge in [0, 0.05) is 35.3 Å². The van der Waals surface area contributed by atoms with Crippen LogP contribution >= 0.6 is 11.6 Å². The zero-order valence-electron chi connectivity index (χ0n) is 20.1. The van der Waals surface area contributed by atoms with E-state index in [0.29, 0.717) is 28.0 Å². The van der Waals surface area contributed by atoms with Crippen molar-refractivity contribution in [3.63, 3.8) is 0 Å². The Bertz CT molecular complexity index is 1740. The highest BCUT2D eigenvalue weighted by molar-refractivity contribution is 7.82. The van der Waals surface area contributed by atoms with Gasteiger partial charge in [-0.1, -0.05) is 17.7 Å². The maximum Gasteiger partial charge on any atom is 0.196 e. The fourth-order valence-corrected chi connectivity index (χ4v) is 5.18. The standard InChI is InChI=1S/C26H24ClN5O3S/c1-13-9-18(15(3)29-21-7-8-22(27)30-26(21)36(28)34)25-19(10-13)23(33)14(2)24(35-25)16-5-6-20-17(11-16)12-32(4)31-20/h5-12,15,29H,28H2,1-4H3. The summed E-state index contributed by atoms with van der Waals surface area (Å²) in [4.78, 5) is 17.6. The molecular formula is C26H24ClN5O3S. The molecule has 36 heavy (non-hydrogen) atoms. The van der Waals surface area contributed by atoms with Crippen LogP contribution in [0, 0.1) is 13.8 Å². The van der Waals surface area contributed by atoms with Crippen molar-refractivity contribution in [1.29, 1.82) is 0 Å². The third-order valence-corrected chi connectivity index (χ3v) is 7.03. The minimum atomic E-state index is -1.84. The molecule has 0 bridgehead atoms. The van der Waals surface area contributed by atoms with E-state index in [4.69, 9.17) is 21.2 Å². The Morgan fingerprint density at radius 2 is 1.94 bits per heavy atom. The molecule has 0 aliphatic rings. The summed E-state index contributed by atoms with van der Waals surface area (Å²) in [7, 11) is 0.0282. The molecule has 184 valence electrons. The minimum Gasteiger partial charge on any atom is -0.455 e. The van der Waals surface area contributed by atoms with E-state index < -0.39 is 11.0 Å². The number of halogens is 1. The second kappa shape index (κ2) is 9.16. The van der Waals surface area contributed by atoms with Crippen molar-refractivity contribution in [2.24, 2.45) is 12.2 Å². The second-order valence-electron chi connectivity index (χ2n) is 8.84. The Labute approximate surface area is 214 Å². The van der Waals surface area contributed by atoms with Gasteiger partial charge < -0.3 is 9.73 Å². The van der Waals surface area contributed by atoms with Crippen LogP contribution in [-0.4, -0.2) is 19.0 Å². The lowest BCUT2D eigenvalue weighted by Gasteiger charge is -2.20. The molecule has 2 unspecified atom stereocenters. The third kappa shape index (κ3) is 4.30. The normalized spacial score (nSPS) is 13.3. The quantitative estimate of drug-likeness (QED) is 0.308. The van der Waals surface area contributed by atoms with E-state index in [9.17, 15) is 9.00 Å². The molecule has 2 aromatic carbocycles. The Morgan fingerprint density at radius 1 is 1.17 bits per heavy atom. The van der Waals surface area contributed by atoms with Crippen LogP contribution in [0.15, 0.2) is 62.9 Å². The number of aryl methyl sites for hydroxylation is 2. The third-order valence-electron chi connectivity index (χ3n) is 6.13. The van der Waals surface area contributed by atoms with Gasteiger partial charge in [-0.25, -0.2) is 14.3 Å². The van der Waals surface area contributed by atoms with Gasteiger partial charge in [-0.2, -0.15) is 5.10 Å². The summed E-state index contributed by atoms with van der Waals surface area (Å²) >= 11 is 5.98. The number of rotatable bonds is 5. The van der Waals surface area contributed by atoms with Gasteiger partial charge in [0.1, 0.15) is 27.5 Å². The van der Waals surface area contributed by atoms with Crippen molar-refractivity contribution in [3.05, 3.63) is 80.7 Å². The first-order valence-corrected chi connectivity index (χ1v) is 12.8. The summed E-state index contributed by atoms with van der Waals surface area (Å²) in [5.74, 6) is 0.507. The van der Waals surface area contributed by atoms with Crippen LogP contribution in [-0.2, 0) is 18.0 Å². The molecule has 0 aliphatic heterocycles. The number of nitrogens with two attached hydrogens (primary N) is 1. The summed E-state index contributed by atoms with van der Waals surface area (Å²) < 4.78 is 20.3. The fourth-order valence-electron chi connectivity index (χ4n) is 4.45. The number of fused-ring (bicyclic) bond motifs is 2. The SMILES string of the molecule is Cc1cc(C(C)Nc2ccc(Cl)nc2S(N)=O)c2oc(-c3ccc4nn(C)cc4c3)c(C)c(=O)c2c1. The van der Waals surface area contributed by atoms with Crippen molar-refractivity contribution in [2.45, 2.75) is 31.8 Å². The molecule has 0 saturated carbocycles. The van der Waals surface area contributed by atoms with Gasteiger partial charge in [0.15, 0.2) is 10.5 Å². The molecule has 0 aliphatic carbocycles. The summed E-state index contributed by atoms with van der Waals surface area (Å²) in [5, 5.41) is 15.1. The Hall–Kier alpha value is -3.53. The maximum absolute atomic E-state index is 13.5. The summed E-state index contributed by atoms with van der Waals surface area (Å²) in [6.45, 7) is 5.63. The van der Waals surface area contributed by atoms with Gasteiger partial charge in [0.05, 0.1) is 22.6 Å². The topological polar surface area (TPSA) is 116 Å². The molecule has 0 amide bonds. The van der Waals surface area contributed by atoms with E-state index in [-0.39, 0.29) is 21.6 Å². The lowest BCUT2D eigenvalue weighted by Crippen LogP contribution is -2.15. The molecule has 3 N–H and O–H groups in total. The molecule has 5 rings (SSSR count). The highest BCUT2D eigenvalue weighted by Gasteiger charge is 2.21. The first kappa shape index (κ1) is 24.2. The molecule has 3 aromatic heterocycles. The number of pyridine rings is 1. The van der Waals surface area contributed by atoms with Crippen molar-refractivity contribution in [1.82, 2.24) is 14.8 Å². The van der Waals surface area contributed by atoms with Crippen LogP contribution in [0.5, 0.6) is 0 Å². The van der Waals surface area contributed by atoms with Crippen molar-refractivity contribution >= 4 is 50.1 Å². The molecule has 8 nitrogen and oxygen atoms in total. The molecular weight excluding hydrogens is 498 g/mol. The maximum atomic E-state index is 13.5. The van der Waals surface area contributed by atoms with Crippen LogP contribution < -0.4 is 15.9 Å². The Balaban J connectivity index is 1.67. The molecule has 0 spiro atoms. The highest BCUT2D eigenvalue weighted by Crippen LogP contribution is 2.33. The number of hydrogen-bond donors (Lipinski definition) is 2. The summed E-state index contributed by atoms with van der Waals surface area (Å²) in [6, 6.07) is 12.5. The number of hydrogen-bond acceptors (Lipinski definition) is 6. The van der Waals surface area contributed by atoms with Gasteiger partial charge in [-0.05, 0) is 62.7 Å². The van der Waals surface area contributed by atoms with E-state index >= 15 is 0 Å². The second-order valence-corrected chi connectivity index (χ2v) is 10.2. The lowest BCUT2D eigenvalue weighted by molar-refractivity contribution is 0.605. The van der Waals surface area contributed by atoms with E-state index in [1.54, 1.807) is 23.7 Å². The van der Waals surface area contributed by atoms with Gasteiger partial charge in [0.25, 0.3) is 0 Å². The monoisotopic (exact) mass is 521 g/mol. The van der Waals surface area contributed by atoms with E-state index in [2.05, 4.69) is 15.4 Å². The largest absolute Gasteiger partial charge is 0.455 e. The number of anilines is 1. The molecule has 0 saturated heterocycles. The smallest absolute Gasteiger partial charge is 0.196 e. The molecule has 10 heteroatoms. The van der Waals surface area contributed by atoms with Crippen molar-refractivity contribution in [2.75, 3.05) is 5.32 Å². The van der Waals surface area contributed by atoms with Crippen molar-refractivity contribution < 1.29 is 8.63 Å². The number of nitrogens with zero attached hydrogens (tertiary/aromatic N) is 3. The van der Waals surface area contributed by atoms with Crippen LogP contribution in [0.3, 0.4) is 0 Å². The van der Waals surface area contributed by atoms with Gasteiger partial charge in [0.2, 0.25) is 0 Å². The Kier molecular flexibility index (Phi) is 6.15. The minimum absolute atomic E-state index is 0.0911.